The van der Waals surface area contributed by atoms with Gasteiger partial charge in [0.05, 0.1) is 17.8 Å². The van der Waals surface area contributed by atoms with Gasteiger partial charge in [-0.3, -0.25) is 4.79 Å². The van der Waals surface area contributed by atoms with Gasteiger partial charge in [0.25, 0.3) is 0 Å². The minimum Gasteiger partial charge on any atom is -0.506 e. The van der Waals surface area contributed by atoms with Gasteiger partial charge < -0.3 is 14.8 Å². The maximum absolute atomic E-state index is 12.1. The molecule has 0 bridgehead atoms. The largest absolute Gasteiger partial charge is 0.506 e. The van der Waals surface area contributed by atoms with Crippen LogP contribution in [0.3, 0.4) is 0 Å². The number of benzene rings is 1. The first kappa shape index (κ1) is 16.1. The maximum atomic E-state index is 12.1. The first-order valence-electron chi connectivity index (χ1n) is 7.23. The van der Waals surface area contributed by atoms with E-state index in [0.717, 1.165) is 5.56 Å². The highest BCUT2D eigenvalue weighted by Crippen LogP contribution is 2.26. The summed E-state index contributed by atoms with van der Waals surface area (Å²) in [5.41, 5.74) is 1.87. The first-order valence-corrected chi connectivity index (χ1v) is 7.23. The topological polar surface area (TPSA) is 75.4 Å². The Morgan fingerprint density at radius 1 is 1.32 bits per heavy atom. The Morgan fingerprint density at radius 3 is 2.59 bits per heavy atom. The van der Waals surface area contributed by atoms with Crippen molar-refractivity contribution in [3.63, 3.8) is 0 Å². The fourth-order valence-corrected chi connectivity index (χ4v) is 2.00. The monoisotopic (exact) mass is 302 g/mol. The molecule has 1 heterocycles. The molecule has 0 aliphatic heterocycles. The van der Waals surface area contributed by atoms with Crippen molar-refractivity contribution < 1.29 is 14.3 Å². The lowest BCUT2D eigenvalue weighted by molar-refractivity contribution is -0.115. The molecule has 118 valence electrons. The number of rotatable bonds is 3. The van der Waals surface area contributed by atoms with E-state index in [0.29, 0.717) is 23.0 Å². The van der Waals surface area contributed by atoms with Gasteiger partial charge in [0, 0.05) is 5.41 Å². The van der Waals surface area contributed by atoms with Crippen molar-refractivity contribution in [3.05, 3.63) is 41.1 Å². The predicted octanol–water partition coefficient (Wildman–Crippen LogP) is 3.48. The van der Waals surface area contributed by atoms with Crippen LogP contribution in [0.4, 0.5) is 5.69 Å². The number of aryl methyl sites for hydroxylation is 2. The van der Waals surface area contributed by atoms with Crippen molar-refractivity contribution in [2.75, 3.05) is 5.32 Å². The molecule has 0 atom stereocenters. The van der Waals surface area contributed by atoms with E-state index in [1.807, 2.05) is 34.6 Å². The summed E-state index contributed by atoms with van der Waals surface area (Å²) in [6.45, 7) is 9.74. The predicted molar refractivity (Wildman–Crippen MR) is 85.1 cm³/mol. The number of anilines is 1. The third-order valence-electron chi connectivity index (χ3n) is 3.28. The second kappa shape index (κ2) is 5.83. The smallest absolute Gasteiger partial charge is 0.232 e. The van der Waals surface area contributed by atoms with Crippen molar-refractivity contribution in [3.8, 4) is 5.75 Å². The number of hydrogen-bond acceptors (Lipinski definition) is 4. The first-order chi connectivity index (χ1) is 10.2. The number of hydrogen-bond donors (Lipinski definition) is 2. The van der Waals surface area contributed by atoms with Crippen LogP contribution in [0.25, 0.3) is 0 Å². The van der Waals surface area contributed by atoms with Gasteiger partial charge in [0.2, 0.25) is 5.91 Å². The van der Waals surface area contributed by atoms with Crippen LogP contribution in [-0.4, -0.2) is 16.0 Å². The van der Waals surface area contributed by atoms with Gasteiger partial charge in [-0.25, -0.2) is 4.98 Å². The number of phenols is 1. The van der Waals surface area contributed by atoms with Crippen LogP contribution in [0.5, 0.6) is 5.75 Å². The molecule has 1 aromatic heterocycles. The van der Waals surface area contributed by atoms with E-state index in [1.54, 1.807) is 18.2 Å². The van der Waals surface area contributed by atoms with E-state index in [1.165, 1.54) is 0 Å². The molecular weight excluding hydrogens is 280 g/mol. The summed E-state index contributed by atoms with van der Waals surface area (Å²) in [6, 6.07) is 5.06. The van der Waals surface area contributed by atoms with Crippen molar-refractivity contribution in [2.24, 2.45) is 0 Å². The summed E-state index contributed by atoms with van der Waals surface area (Å²) in [5.74, 6) is 0.963. The quantitative estimate of drug-likeness (QED) is 0.851. The van der Waals surface area contributed by atoms with Crippen LogP contribution in [0.15, 0.2) is 22.6 Å². The van der Waals surface area contributed by atoms with E-state index >= 15 is 0 Å². The highest BCUT2D eigenvalue weighted by atomic mass is 16.4. The summed E-state index contributed by atoms with van der Waals surface area (Å²) in [4.78, 5) is 16.5. The zero-order chi connectivity index (χ0) is 16.5. The van der Waals surface area contributed by atoms with Gasteiger partial charge in [0.1, 0.15) is 11.5 Å². The Balaban J connectivity index is 2.13. The van der Waals surface area contributed by atoms with Crippen LogP contribution in [0.2, 0.25) is 0 Å². The fourth-order valence-electron chi connectivity index (χ4n) is 2.00. The molecular formula is C17H22N2O3. The summed E-state index contributed by atoms with van der Waals surface area (Å²) < 4.78 is 5.71. The Hall–Kier alpha value is -2.30. The molecule has 2 rings (SSSR count). The molecule has 5 nitrogen and oxygen atoms in total. The lowest BCUT2D eigenvalue weighted by Crippen LogP contribution is -2.15. The summed E-state index contributed by atoms with van der Waals surface area (Å²) in [7, 11) is 0. The minimum absolute atomic E-state index is 0.0450. The molecule has 0 aliphatic rings. The molecule has 0 radical (unpaired) electrons. The summed E-state index contributed by atoms with van der Waals surface area (Å²) >= 11 is 0. The molecule has 0 fully saturated rings. The summed E-state index contributed by atoms with van der Waals surface area (Å²) in [6.07, 6.45) is 0.0856. The van der Waals surface area contributed by atoms with E-state index in [4.69, 9.17) is 4.42 Å². The maximum Gasteiger partial charge on any atom is 0.232 e. The Morgan fingerprint density at radius 2 is 2.00 bits per heavy atom. The van der Waals surface area contributed by atoms with Gasteiger partial charge in [-0.1, -0.05) is 26.8 Å². The fraction of sp³-hybridized carbons (Fsp3) is 0.412. The van der Waals surface area contributed by atoms with Crippen molar-refractivity contribution in [1.29, 1.82) is 0 Å². The number of carbonyl (C=O) groups is 1. The standard InChI is InChI=1S/C17H22N2O3/c1-10-6-7-13(20)12(8-10)19-15(21)9-14-11(2)18-16(22-14)17(3,4)5/h6-8,20H,9H2,1-5H3,(H,19,21). The van der Waals surface area contributed by atoms with Crippen molar-refractivity contribution in [1.82, 2.24) is 4.98 Å². The van der Waals surface area contributed by atoms with Gasteiger partial charge in [-0.2, -0.15) is 0 Å². The second-order valence-electron chi connectivity index (χ2n) is 6.52. The van der Waals surface area contributed by atoms with Crippen LogP contribution in [0.1, 0.15) is 43.7 Å². The molecule has 0 saturated heterocycles. The molecule has 0 spiro atoms. The number of aromatic nitrogens is 1. The van der Waals surface area contributed by atoms with Gasteiger partial charge in [-0.15, -0.1) is 0 Å². The highest BCUT2D eigenvalue weighted by molar-refractivity contribution is 5.93. The molecule has 22 heavy (non-hydrogen) atoms. The van der Waals surface area contributed by atoms with Gasteiger partial charge >= 0.3 is 0 Å². The van der Waals surface area contributed by atoms with Gasteiger partial charge in [0.15, 0.2) is 5.89 Å². The molecule has 2 N–H and O–H groups in total. The number of aromatic hydroxyl groups is 1. The van der Waals surface area contributed by atoms with Crippen LogP contribution in [-0.2, 0) is 16.6 Å². The minimum atomic E-state index is -0.249. The molecule has 1 aromatic carbocycles. The Bertz CT molecular complexity index is 696. The van der Waals surface area contributed by atoms with E-state index in [2.05, 4.69) is 10.3 Å². The number of amides is 1. The SMILES string of the molecule is Cc1ccc(O)c(NC(=O)Cc2oc(C(C)(C)C)nc2C)c1. The van der Waals surface area contributed by atoms with Gasteiger partial charge in [-0.05, 0) is 31.5 Å². The third kappa shape index (κ3) is 3.67. The van der Waals surface area contributed by atoms with Crippen molar-refractivity contribution in [2.45, 2.75) is 46.5 Å². The summed E-state index contributed by atoms with van der Waals surface area (Å²) in [5, 5.41) is 12.5. The number of nitrogens with zero attached hydrogens (tertiary/aromatic N) is 1. The Labute approximate surface area is 130 Å². The number of oxazole rings is 1. The van der Waals surface area contributed by atoms with Crippen molar-refractivity contribution >= 4 is 11.6 Å². The van der Waals surface area contributed by atoms with Crippen LogP contribution < -0.4 is 5.32 Å². The number of nitrogens with one attached hydrogen (secondary N) is 1. The number of phenolic OH excluding ortho intramolecular Hbond substituents is 1. The molecule has 0 aliphatic carbocycles. The van der Waals surface area contributed by atoms with E-state index < -0.39 is 0 Å². The van der Waals surface area contributed by atoms with E-state index in [9.17, 15) is 9.90 Å². The number of carbonyl (C=O) groups excluding carboxylic acids is 1. The molecule has 0 saturated carbocycles. The average molecular weight is 302 g/mol. The molecule has 5 heteroatoms. The highest BCUT2D eigenvalue weighted by Gasteiger charge is 2.23. The Kier molecular flexibility index (Phi) is 4.26. The zero-order valence-electron chi connectivity index (χ0n) is 13.7. The molecule has 0 unspecified atom stereocenters. The second-order valence-corrected chi connectivity index (χ2v) is 6.52. The normalized spacial score (nSPS) is 11.5. The molecule has 1 amide bonds. The molecule has 2 aromatic rings. The average Bonchev–Trinajstić information content (AvgIpc) is 2.75. The lowest BCUT2D eigenvalue weighted by atomic mass is 9.97. The van der Waals surface area contributed by atoms with E-state index in [-0.39, 0.29) is 23.5 Å². The third-order valence-corrected chi connectivity index (χ3v) is 3.28. The zero-order valence-corrected chi connectivity index (χ0v) is 13.7. The van der Waals surface area contributed by atoms with Crippen LogP contribution in [0, 0.1) is 13.8 Å². The van der Waals surface area contributed by atoms with Crippen LogP contribution >= 0.6 is 0 Å². The lowest BCUT2D eigenvalue weighted by Gasteiger charge is -2.12.